The highest BCUT2D eigenvalue weighted by atomic mass is 35.5. The van der Waals surface area contributed by atoms with Crippen molar-refractivity contribution < 1.29 is 30.7 Å². The molecule has 0 aliphatic carbocycles. The molecule has 170 valence electrons. The molecule has 0 bridgehead atoms. The van der Waals surface area contributed by atoms with Gasteiger partial charge >= 0.3 is 12.2 Å². The van der Waals surface area contributed by atoms with Crippen LogP contribution in [-0.2, 0) is 10.0 Å². The van der Waals surface area contributed by atoms with Crippen LogP contribution < -0.4 is 15.4 Å². The first-order valence-corrected chi connectivity index (χ1v) is 11.0. The molecule has 0 spiro atoms. The zero-order chi connectivity index (χ0) is 22.8. The first kappa shape index (κ1) is 23.2. The third-order valence-electron chi connectivity index (χ3n) is 4.11. The molecule has 2 aromatic rings. The van der Waals surface area contributed by atoms with E-state index in [9.17, 15) is 26.0 Å². The summed E-state index contributed by atoms with van der Waals surface area (Å²) >= 11 is 5.72. The molecular weight excluding hydrogens is 468 g/mol. The summed E-state index contributed by atoms with van der Waals surface area (Å²) in [6.45, 7) is -1.21. The number of halogens is 5. The molecule has 3 rings (SSSR count). The third kappa shape index (κ3) is 6.77. The van der Waals surface area contributed by atoms with Gasteiger partial charge in [0, 0.05) is 24.8 Å². The summed E-state index contributed by atoms with van der Waals surface area (Å²) in [5.41, 5.74) is 0.273. The topological polar surface area (TPSA) is 109 Å². The van der Waals surface area contributed by atoms with E-state index >= 15 is 0 Å². The van der Waals surface area contributed by atoms with Crippen LogP contribution in [0.3, 0.4) is 0 Å². The Labute approximate surface area is 179 Å². The Kier molecular flexibility index (Phi) is 6.71. The highest BCUT2D eigenvalue weighted by Gasteiger charge is 2.31. The second kappa shape index (κ2) is 8.96. The molecule has 2 N–H and O–H groups in total. The van der Waals surface area contributed by atoms with Crippen molar-refractivity contribution in [2.75, 3.05) is 36.6 Å². The predicted molar refractivity (Wildman–Crippen MR) is 105 cm³/mol. The molecule has 9 nitrogen and oxygen atoms in total. The van der Waals surface area contributed by atoms with E-state index in [2.05, 4.69) is 30.3 Å². The third-order valence-corrected chi connectivity index (χ3v) is 5.67. The summed E-state index contributed by atoms with van der Waals surface area (Å²) in [6, 6.07) is 2.68. The summed E-state index contributed by atoms with van der Waals surface area (Å²) in [4.78, 5) is 11.7. The van der Waals surface area contributed by atoms with Crippen LogP contribution in [0.1, 0.15) is 6.42 Å². The SMILES string of the molecule is CS(=O)(=O)N1CCC(Nc2nc(Nc3ccc(F)c(Cl)c3)nc(OCC(F)(F)F)n2)C1. The van der Waals surface area contributed by atoms with E-state index in [1.165, 1.54) is 16.4 Å². The van der Waals surface area contributed by atoms with Gasteiger partial charge in [0.05, 0.1) is 11.3 Å². The summed E-state index contributed by atoms with van der Waals surface area (Å²) < 4.78 is 80.1. The van der Waals surface area contributed by atoms with Gasteiger partial charge in [-0.15, -0.1) is 0 Å². The van der Waals surface area contributed by atoms with Gasteiger partial charge in [-0.3, -0.25) is 0 Å². The van der Waals surface area contributed by atoms with Gasteiger partial charge in [0.1, 0.15) is 5.82 Å². The van der Waals surface area contributed by atoms with Gasteiger partial charge in [-0.25, -0.2) is 17.1 Å². The predicted octanol–water partition coefficient (Wildman–Crippen LogP) is 2.79. The normalized spacial score (nSPS) is 17.5. The Morgan fingerprint density at radius 1 is 1.26 bits per heavy atom. The molecule has 15 heteroatoms. The fourth-order valence-corrected chi connectivity index (χ4v) is 3.79. The molecule has 0 saturated carbocycles. The number of aromatic nitrogens is 3. The van der Waals surface area contributed by atoms with Gasteiger partial charge in [0.15, 0.2) is 6.61 Å². The number of sulfonamides is 1. The molecule has 0 amide bonds. The maximum Gasteiger partial charge on any atom is 0.422 e. The van der Waals surface area contributed by atoms with Crippen LogP contribution in [0.25, 0.3) is 0 Å². The van der Waals surface area contributed by atoms with Gasteiger partial charge in [-0.2, -0.15) is 28.1 Å². The maximum atomic E-state index is 13.3. The highest BCUT2D eigenvalue weighted by Crippen LogP contribution is 2.24. The smallest absolute Gasteiger partial charge is 0.422 e. The molecule has 1 aliphatic rings. The van der Waals surface area contributed by atoms with Crippen molar-refractivity contribution in [2.45, 2.75) is 18.6 Å². The Bertz CT molecular complexity index is 1060. The van der Waals surface area contributed by atoms with Gasteiger partial charge in [-0.1, -0.05) is 11.6 Å². The van der Waals surface area contributed by atoms with Crippen molar-refractivity contribution in [1.82, 2.24) is 19.3 Å². The van der Waals surface area contributed by atoms with Gasteiger partial charge < -0.3 is 15.4 Å². The minimum Gasteiger partial charge on any atom is -0.454 e. The molecule has 1 aliphatic heterocycles. The summed E-state index contributed by atoms with van der Waals surface area (Å²) in [7, 11) is -3.38. The molecule has 1 aromatic carbocycles. The molecule has 31 heavy (non-hydrogen) atoms. The lowest BCUT2D eigenvalue weighted by Gasteiger charge is -2.16. The number of hydrogen-bond donors (Lipinski definition) is 2. The average Bonchev–Trinajstić information content (AvgIpc) is 3.11. The largest absolute Gasteiger partial charge is 0.454 e. The minimum absolute atomic E-state index is 0.122. The first-order valence-electron chi connectivity index (χ1n) is 8.78. The van der Waals surface area contributed by atoms with Crippen molar-refractivity contribution in [3.63, 3.8) is 0 Å². The zero-order valence-electron chi connectivity index (χ0n) is 15.9. The highest BCUT2D eigenvalue weighted by molar-refractivity contribution is 7.88. The van der Waals surface area contributed by atoms with Crippen LogP contribution in [0, 0.1) is 5.82 Å². The van der Waals surface area contributed by atoms with Crippen molar-refractivity contribution in [3.05, 3.63) is 29.0 Å². The lowest BCUT2D eigenvalue weighted by Crippen LogP contribution is -2.31. The molecular formula is C16H17ClF4N6O3S. The average molecular weight is 485 g/mol. The fourth-order valence-electron chi connectivity index (χ4n) is 2.72. The van der Waals surface area contributed by atoms with Crippen molar-refractivity contribution >= 4 is 39.2 Å². The summed E-state index contributed by atoms with van der Waals surface area (Å²) in [5, 5.41) is 5.38. The lowest BCUT2D eigenvalue weighted by atomic mass is 10.3. The number of ether oxygens (including phenoxy) is 1. The van der Waals surface area contributed by atoms with E-state index in [1.807, 2.05) is 0 Å². The maximum absolute atomic E-state index is 13.3. The Morgan fingerprint density at radius 2 is 1.97 bits per heavy atom. The molecule has 1 saturated heterocycles. The number of nitrogens with zero attached hydrogens (tertiary/aromatic N) is 4. The Morgan fingerprint density at radius 3 is 2.58 bits per heavy atom. The van der Waals surface area contributed by atoms with Crippen molar-refractivity contribution in [2.24, 2.45) is 0 Å². The Hall–Kier alpha value is -2.45. The van der Waals surface area contributed by atoms with Gasteiger partial charge in [0.25, 0.3) is 0 Å². The first-order chi connectivity index (χ1) is 14.4. The van der Waals surface area contributed by atoms with E-state index in [-0.39, 0.29) is 41.7 Å². The Balaban J connectivity index is 1.81. The van der Waals surface area contributed by atoms with Gasteiger partial charge in [0.2, 0.25) is 21.9 Å². The molecule has 0 radical (unpaired) electrons. The van der Waals surface area contributed by atoms with E-state index < -0.39 is 34.6 Å². The second-order valence-corrected chi connectivity index (χ2v) is 9.06. The van der Waals surface area contributed by atoms with Crippen LogP contribution >= 0.6 is 11.6 Å². The number of alkyl halides is 3. The molecule has 1 fully saturated rings. The standard InChI is InChI=1S/C16H17ClF4N6O3S/c1-31(28,29)27-5-4-10(7-27)23-14-24-13(22-9-2-3-12(18)11(17)6-9)25-15(26-14)30-8-16(19,20)21/h2-3,6,10H,4-5,7-8H2,1H3,(H2,22,23,24,25,26). The van der Waals surface area contributed by atoms with Crippen molar-refractivity contribution in [3.8, 4) is 6.01 Å². The van der Waals surface area contributed by atoms with Crippen LogP contribution in [0.15, 0.2) is 18.2 Å². The van der Waals surface area contributed by atoms with Crippen LogP contribution in [0.4, 0.5) is 35.1 Å². The quantitative estimate of drug-likeness (QED) is 0.577. The van der Waals surface area contributed by atoms with E-state index in [0.717, 1.165) is 12.3 Å². The molecule has 1 aromatic heterocycles. The van der Waals surface area contributed by atoms with E-state index in [4.69, 9.17) is 11.6 Å². The lowest BCUT2D eigenvalue weighted by molar-refractivity contribution is -0.154. The number of benzene rings is 1. The number of nitrogens with one attached hydrogen (secondary N) is 2. The number of rotatable bonds is 7. The fraction of sp³-hybridized carbons (Fsp3) is 0.438. The van der Waals surface area contributed by atoms with Crippen LogP contribution in [-0.4, -0.2) is 65.8 Å². The van der Waals surface area contributed by atoms with Gasteiger partial charge in [-0.05, 0) is 24.6 Å². The molecule has 2 heterocycles. The van der Waals surface area contributed by atoms with E-state index in [0.29, 0.717) is 6.42 Å². The van der Waals surface area contributed by atoms with Crippen LogP contribution in [0.2, 0.25) is 5.02 Å². The summed E-state index contributed by atoms with van der Waals surface area (Å²) in [6.07, 6.45) is -3.09. The van der Waals surface area contributed by atoms with Crippen molar-refractivity contribution in [1.29, 1.82) is 0 Å². The summed E-state index contributed by atoms with van der Waals surface area (Å²) in [5.74, 6) is -0.963. The second-order valence-electron chi connectivity index (χ2n) is 6.67. The minimum atomic E-state index is -4.61. The molecule has 1 atom stereocenters. The number of anilines is 3. The molecule has 1 unspecified atom stereocenters. The van der Waals surface area contributed by atoms with Crippen LogP contribution in [0.5, 0.6) is 6.01 Å². The number of hydrogen-bond acceptors (Lipinski definition) is 8. The monoisotopic (exact) mass is 484 g/mol. The zero-order valence-corrected chi connectivity index (χ0v) is 17.5. The van der Waals surface area contributed by atoms with E-state index in [1.54, 1.807) is 0 Å².